The third-order valence-electron chi connectivity index (χ3n) is 1.20. The topological polar surface area (TPSA) is 0 Å². The van der Waals surface area contributed by atoms with Crippen LogP contribution in [-0.4, -0.2) is 0 Å². The molecule has 1 aromatic rings. The third kappa shape index (κ3) is 1.71. The van der Waals surface area contributed by atoms with Crippen molar-refractivity contribution >= 4 is 22.0 Å². The van der Waals surface area contributed by atoms with E-state index in [1.807, 2.05) is 30.3 Å². The minimum absolute atomic E-state index is 1.11. The molecular weight excluding hydrogens is 188 g/mol. The monoisotopic (exact) mass is 195 g/mol. The summed E-state index contributed by atoms with van der Waals surface area (Å²) < 4.78 is 1.11. The van der Waals surface area contributed by atoms with E-state index in [2.05, 4.69) is 22.9 Å². The molecule has 0 N–H and O–H groups in total. The van der Waals surface area contributed by atoms with E-state index in [4.69, 9.17) is 0 Å². The molecule has 0 bridgehead atoms. The summed E-state index contributed by atoms with van der Waals surface area (Å²) in [6, 6.07) is 8.03. The lowest BCUT2D eigenvalue weighted by Crippen LogP contribution is -1.71. The summed E-state index contributed by atoms with van der Waals surface area (Å²) in [5.74, 6) is 0. The van der Waals surface area contributed by atoms with E-state index < -0.39 is 0 Å². The van der Waals surface area contributed by atoms with Gasteiger partial charge in [-0.25, -0.2) is 0 Å². The van der Waals surface area contributed by atoms with Crippen LogP contribution in [0.4, 0.5) is 0 Å². The molecule has 0 heterocycles. The Morgan fingerprint density at radius 3 is 2.60 bits per heavy atom. The molecule has 1 aromatic carbocycles. The Bertz CT molecular complexity index is 238. The second-order valence-electron chi connectivity index (χ2n) is 1.92. The van der Waals surface area contributed by atoms with Crippen molar-refractivity contribution in [3.8, 4) is 0 Å². The standard InChI is InChI=1S/C9H8Br/c1-2-5-8-6-3-4-7-9(8)10/h2-7H,1H2. The van der Waals surface area contributed by atoms with Gasteiger partial charge < -0.3 is 0 Å². The number of hydrogen-bond donors (Lipinski definition) is 0. The fourth-order valence-corrected chi connectivity index (χ4v) is 1.15. The Labute approximate surface area is 69.7 Å². The van der Waals surface area contributed by atoms with Crippen molar-refractivity contribution in [3.05, 3.63) is 47.3 Å². The average molecular weight is 196 g/mol. The first-order valence-corrected chi connectivity index (χ1v) is 3.84. The van der Waals surface area contributed by atoms with Crippen LogP contribution >= 0.6 is 15.9 Å². The number of hydrogen-bond acceptors (Lipinski definition) is 0. The van der Waals surface area contributed by atoms with Crippen molar-refractivity contribution in [2.24, 2.45) is 0 Å². The molecule has 0 spiro atoms. The molecule has 0 amide bonds. The van der Waals surface area contributed by atoms with Crippen LogP contribution in [0, 0.1) is 6.92 Å². The largest absolute Gasteiger partial charge is 0.0836 e. The van der Waals surface area contributed by atoms with Gasteiger partial charge in [-0.15, -0.1) is 0 Å². The van der Waals surface area contributed by atoms with Gasteiger partial charge in [0.2, 0.25) is 0 Å². The highest BCUT2D eigenvalue weighted by atomic mass is 79.9. The molecule has 0 saturated heterocycles. The van der Waals surface area contributed by atoms with Gasteiger partial charge in [0.25, 0.3) is 0 Å². The second-order valence-corrected chi connectivity index (χ2v) is 2.78. The SMILES string of the molecule is [CH2]C=Cc1ccccc1Br. The lowest BCUT2D eigenvalue weighted by atomic mass is 10.2. The van der Waals surface area contributed by atoms with Gasteiger partial charge in [0, 0.05) is 4.47 Å². The smallest absolute Gasteiger partial charge is 0.0247 e. The summed E-state index contributed by atoms with van der Waals surface area (Å²) >= 11 is 3.42. The van der Waals surface area contributed by atoms with Gasteiger partial charge >= 0.3 is 0 Å². The quantitative estimate of drug-likeness (QED) is 0.646. The zero-order valence-corrected chi connectivity index (χ0v) is 7.14. The van der Waals surface area contributed by atoms with Crippen LogP contribution in [0.2, 0.25) is 0 Å². The molecule has 0 atom stereocenters. The summed E-state index contributed by atoms with van der Waals surface area (Å²) in [6.45, 7) is 3.62. The van der Waals surface area contributed by atoms with Crippen molar-refractivity contribution in [2.75, 3.05) is 0 Å². The van der Waals surface area contributed by atoms with Crippen LogP contribution in [0.1, 0.15) is 5.56 Å². The van der Waals surface area contributed by atoms with E-state index in [1.165, 1.54) is 0 Å². The first kappa shape index (κ1) is 7.55. The fraction of sp³-hybridized carbons (Fsp3) is 0. The fourth-order valence-electron chi connectivity index (χ4n) is 0.737. The number of benzene rings is 1. The van der Waals surface area contributed by atoms with Crippen LogP contribution in [0.15, 0.2) is 34.8 Å². The molecule has 0 aliphatic carbocycles. The van der Waals surface area contributed by atoms with Crippen molar-refractivity contribution in [1.82, 2.24) is 0 Å². The van der Waals surface area contributed by atoms with Crippen molar-refractivity contribution in [1.29, 1.82) is 0 Å². The lowest BCUT2D eigenvalue weighted by molar-refractivity contribution is 1.60. The van der Waals surface area contributed by atoms with Gasteiger partial charge in [-0.2, -0.15) is 0 Å². The second kappa shape index (κ2) is 3.57. The zero-order chi connectivity index (χ0) is 7.40. The molecule has 0 nitrogen and oxygen atoms in total. The summed E-state index contributed by atoms with van der Waals surface area (Å²) in [5, 5.41) is 0. The minimum atomic E-state index is 1.11. The number of allylic oxidation sites excluding steroid dienone is 1. The van der Waals surface area contributed by atoms with E-state index in [1.54, 1.807) is 6.08 Å². The van der Waals surface area contributed by atoms with E-state index in [-0.39, 0.29) is 0 Å². The molecule has 51 valence electrons. The Hall–Kier alpha value is -0.560. The van der Waals surface area contributed by atoms with Gasteiger partial charge in [0.15, 0.2) is 0 Å². The molecule has 0 unspecified atom stereocenters. The number of halogens is 1. The van der Waals surface area contributed by atoms with Gasteiger partial charge in [-0.1, -0.05) is 46.3 Å². The highest BCUT2D eigenvalue weighted by Gasteiger charge is 1.89. The summed E-state index contributed by atoms with van der Waals surface area (Å²) in [5.41, 5.74) is 1.16. The maximum Gasteiger partial charge on any atom is 0.0247 e. The number of rotatable bonds is 1. The van der Waals surface area contributed by atoms with E-state index in [9.17, 15) is 0 Å². The molecule has 0 aliphatic heterocycles. The van der Waals surface area contributed by atoms with Gasteiger partial charge in [0.05, 0.1) is 0 Å². The molecule has 1 heteroatoms. The Morgan fingerprint density at radius 1 is 1.30 bits per heavy atom. The first-order chi connectivity index (χ1) is 4.84. The molecule has 1 radical (unpaired) electrons. The molecule has 1 rings (SSSR count). The van der Waals surface area contributed by atoms with Crippen LogP contribution in [-0.2, 0) is 0 Å². The van der Waals surface area contributed by atoms with E-state index in [0.29, 0.717) is 0 Å². The van der Waals surface area contributed by atoms with Crippen molar-refractivity contribution < 1.29 is 0 Å². The van der Waals surface area contributed by atoms with Crippen LogP contribution in [0.25, 0.3) is 6.08 Å². The normalized spacial score (nSPS) is 10.6. The van der Waals surface area contributed by atoms with Crippen LogP contribution in [0.3, 0.4) is 0 Å². The molecule has 0 saturated carbocycles. The van der Waals surface area contributed by atoms with E-state index >= 15 is 0 Å². The third-order valence-corrected chi connectivity index (χ3v) is 1.92. The van der Waals surface area contributed by atoms with Gasteiger partial charge in [-0.3, -0.25) is 0 Å². The Balaban J connectivity index is 3.03. The average Bonchev–Trinajstić information content (AvgIpc) is 1.94. The highest BCUT2D eigenvalue weighted by molar-refractivity contribution is 9.10. The minimum Gasteiger partial charge on any atom is -0.0836 e. The van der Waals surface area contributed by atoms with Crippen molar-refractivity contribution in [3.63, 3.8) is 0 Å². The van der Waals surface area contributed by atoms with Gasteiger partial charge in [-0.05, 0) is 18.6 Å². The van der Waals surface area contributed by atoms with Crippen LogP contribution in [0.5, 0.6) is 0 Å². The Kier molecular flexibility index (Phi) is 2.69. The molecule has 0 aliphatic rings. The molecule has 10 heavy (non-hydrogen) atoms. The molecule has 0 aromatic heterocycles. The van der Waals surface area contributed by atoms with E-state index in [0.717, 1.165) is 10.0 Å². The maximum atomic E-state index is 3.62. The predicted molar refractivity (Wildman–Crippen MR) is 48.5 cm³/mol. The molecule has 0 fully saturated rings. The first-order valence-electron chi connectivity index (χ1n) is 3.05. The van der Waals surface area contributed by atoms with Crippen LogP contribution < -0.4 is 0 Å². The lowest BCUT2D eigenvalue weighted by Gasteiger charge is -1.94. The molecular formula is C9H8Br. The van der Waals surface area contributed by atoms with Gasteiger partial charge in [0.1, 0.15) is 0 Å². The van der Waals surface area contributed by atoms with Crippen molar-refractivity contribution in [2.45, 2.75) is 0 Å². The summed E-state index contributed by atoms with van der Waals surface area (Å²) in [4.78, 5) is 0. The predicted octanol–water partition coefficient (Wildman–Crippen LogP) is 3.30. The summed E-state index contributed by atoms with van der Waals surface area (Å²) in [7, 11) is 0. The maximum absolute atomic E-state index is 3.62. The highest BCUT2D eigenvalue weighted by Crippen LogP contribution is 2.16. The summed E-state index contributed by atoms with van der Waals surface area (Å²) in [6.07, 6.45) is 3.74. The Morgan fingerprint density at radius 2 is 2.00 bits per heavy atom. The zero-order valence-electron chi connectivity index (χ0n) is 5.55.